The maximum Gasteiger partial charge on any atom is 0.0998 e. The number of nitriles is 1. The van der Waals surface area contributed by atoms with E-state index in [1.165, 1.54) is 10.8 Å². The summed E-state index contributed by atoms with van der Waals surface area (Å²) in [5.74, 6) is 0. The number of aromatic nitrogens is 1. The van der Waals surface area contributed by atoms with E-state index in [0.29, 0.717) is 5.56 Å². The van der Waals surface area contributed by atoms with Crippen molar-refractivity contribution in [3.8, 4) is 6.07 Å². The van der Waals surface area contributed by atoms with E-state index in [1.54, 1.807) is 0 Å². The van der Waals surface area contributed by atoms with E-state index < -0.39 is 0 Å². The predicted octanol–water partition coefficient (Wildman–Crippen LogP) is 6.87. The van der Waals surface area contributed by atoms with Gasteiger partial charge in [0.15, 0.2) is 0 Å². The molecule has 2 heteroatoms. The minimum absolute atomic E-state index is 0.635. The molecule has 0 saturated heterocycles. The first-order chi connectivity index (χ1) is 13.7. The van der Waals surface area contributed by atoms with Gasteiger partial charge in [0.25, 0.3) is 0 Å². The van der Waals surface area contributed by atoms with Crippen LogP contribution in [0.1, 0.15) is 23.6 Å². The standard InChI is InChI=1S/C26H20N2/c1-3-8-19(15-18(2)22-10-5-4-9-21(22)17-27)20-13-14-26-24(16-20)23-11-6-7-12-25(23)28-26/h3-16,28H,2H2,1H3/b8-3-,19-15+. The maximum atomic E-state index is 9.39. The lowest BCUT2D eigenvalue weighted by Gasteiger charge is -2.08. The van der Waals surface area contributed by atoms with Crippen molar-refractivity contribution in [2.24, 2.45) is 0 Å². The molecule has 4 rings (SSSR count). The van der Waals surface area contributed by atoms with Gasteiger partial charge in [-0.3, -0.25) is 0 Å². The lowest BCUT2D eigenvalue weighted by molar-refractivity contribution is 1.46. The third-order valence-corrected chi connectivity index (χ3v) is 4.91. The molecule has 134 valence electrons. The fourth-order valence-electron chi connectivity index (χ4n) is 3.56. The van der Waals surface area contributed by atoms with Gasteiger partial charge in [-0.05, 0) is 59.5 Å². The number of hydrogen-bond donors (Lipinski definition) is 1. The molecular weight excluding hydrogens is 340 g/mol. The van der Waals surface area contributed by atoms with Crippen LogP contribution >= 0.6 is 0 Å². The Bertz CT molecular complexity index is 1290. The molecule has 0 unspecified atom stereocenters. The minimum Gasteiger partial charge on any atom is -0.355 e. The van der Waals surface area contributed by atoms with Crippen molar-refractivity contribution in [3.63, 3.8) is 0 Å². The zero-order valence-electron chi connectivity index (χ0n) is 15.7. The fourth-order valence-corrected chi connectivity index (χ4v) is 3.56. The highest BCUT2D eigenvalue weighted by molar-refractivity contribution is 6.08. The molecule has 0 saturated carbocycles. The Morgan fingerprint density at radius 1 is 0.964 bits per heavy atom. The number of allylic oxidation sites excluding steroid dienone is 5. The Morgan fingerprint density at radius 3 is 2.54 bits per heavy atom. The molecule has 1 heterocycles. The van der Waals surface area contributed by atoms with Crippen LogP contribution in [0.3, 0.4) is 0 Å². The Hall–Kier alpha value is -3.83. The monoisotopic (exact) mass is 360 g/mol. The number of fused-ring (bicyclic) bond motifs is 3. The van der Waals surface area contributed by atoms with Gasteiger partial charge in [0.05, 0.1) is 11.6 Å². The molecule has 0 atom stereocenters. The van der Waals surface area contributed by atoms with Crippen LogP contribution in [0.15, 0.2) is 91.5 Å². The maximum absolute atomic E-state index is 9.39. The highest BCUT2D eigenvalue weighted by Gasteiger charge is 2.08. The van der Waals surface area contributed by atoms with Crippen molar-refractivity contribution in [2.75, 3.05) is 0 Å². The quantitative estimate of drug-likeness (QED) is 0.396. The van der Waals surface area contributed by atoms with E-state index in [9.17, 15) is 5.26 Å². The molecule has 0 aliphatic carbocycles. The number of H-pyrrole nitrogens is 1. The van der Waals surface area contributed by atoms with E-state index in [0.717, 1.165) is 33.3 Å². The van der Waals surface area contributed by atoms with Gasteiger partial charge < -0.3 is 4.98 Å². The van der Waals surface area contributed by atoms with Gasteiger partial charge >= 0.3 is 0 Å². The summed E-state index contributed by atoms with van der Waals surface area (Å²) in [6, 6.07) is 24.6. The van der Waals surface area contributed by atoms with Crippen molar-refractivity contribution < 1.29 is 0 Å². The first-order valence-electron chi connectivity index (χ1n) is 9.25. The van der Waals surface area contributed by atoms with Gasteiger partial charge in [-0.1, -0.05) is 61.2 Å². The van der Waals surface area contributed by atoms with Gasteiger partial charge in [-0.15, -0.1) is 0 Å². The average molecular weight is 360 g/mol. The summed E-state index contributed by atoms with van der Waals surface area (Å²) < 4.78 is 0. The van der Waals surface area contributed by atoms with Gasteiger partial charge in [-0.25, -0.2) is 0 Å². The van der Waals surface area contributed by atoms with Crippen molar-refractivity contribution in [1.29, 1.82) is 5.26 Å². The van der Waals surface area contributed by atoms with Gasteiger partial charge in [-0.2, -0.15) is 5.26 Å². The van der Waals surface area contributed by atoms with Crippen molar-refractivity contribution >= 4 is 33.0 Å². The minimum atomic E-state index is 0.635. The van der Waals surface area contributed by atoms with Crippen LogP contribution < -0.4 is 0 Å². The van der Waals surface area contributed by atoms with Crippen LogP contribution in [-0.4, -0.2) is 4.98 Å². The second-order valence-electron chi connectivity index (χ2n) is 6.71. The molecular formula is C26H20N2. The van der Waals surface area contributed by atoms with Crippen molar-refractivity contribution in [2.45, 2.75) is 6.92 Å². The summed E-state index contributed by atoms with van der Waals surface area (Å²) in [4.78, 5) is 3.47. The highest BCUT2D eigenvalue weighted by atomic mass is 14.7. The molecule has 0 radical (unpaired) electrons. The zero-order chi connectivity index (χ0) is 19.5. The van der Waals surface area contributed by atoms with Gasteiger partial charge in [0, 0.05) is 21.8 Å². The molecule has 2 nitrogen and oxygen atoms in total. The number of hydrogen-bond acceptors (Lipinski definition) is 1. The normalized spacial score (nSPS) is 11.9. The Balaban J connectivity index is 1.83. The lowest BCUT2D eigenvalue weighted by Crippen LogP contribution is -1.88. The van der Waals surface area contributed by atoms with Crippen LogP contribution in [0.5, 0.6) is 0 Å². The summed E-state index contributed by atoms with van der Waals surface area (Å²) in [7, 11) is 0. The molecule has 28 heavy (non-hydrogen) atoms. The van der Waals surface area contributed by atoms with Crippen LogP contribution in [-0.2, 0) is 0 Å². The number of nitrogens with zero attached hydrogens (tertiary/aromatic N) is 1. The third kappa shape index (κ3) is 3.15. The molecule has 1 aromatic heterocycles. The average Bonchev–Trinajstić information content (AvgIpc) is 3.11. The van der Waals surface area contributed by atoms with Gasteiger partial charge in [0.2, 0.25) is 0 Å². The predicted molar refractivity (Wildman–Crippen MR) is 119 cm³/mol. The Kier molecular flexibility index (Phi) is 4.66. The molecule has 0 fully saturated rings. The van der Waals surface area contributed by atoms with Crippen LogP contribution in [0.4, 0.5) is 0 Å². The molecule has 4 aromatic rings. The molecule has 0 amide bonds. The number of aromatic amines is 1. The van der Waals surface area contributed by atoms with E-state index in [4.69, 9.17) is 0 Å². The summed E-state index contributed by atoms with van der Waals surface area (Å²) in [6.07, 6.45) is 6.15. The van der Waals surface area contributed by atoms with Crippen molar-refractivity contribution in [1.82, 2.24) is 4.98 Å². The van der Waals surface area contributed by atoms with Crippen LogP contribution in [0.2, 0.25) is 0 Å². The second kappa shape index (κ2) is 7.42. The largest absolute Gasteiger partial charge is 0.355 e. The van der Waals surface area contributed by atoms with Crippen molar-refractivity contribution in [3.05, 3.63) is 108 Å². The van der Waals surface area contributed by atoms with Gasteiger partial charge in [0.1, 0.15) is 0 Å². The summed E-state index contributed by atoms with van der Waals surface area (Å²) in [5.41, 5.74) is 6.76. The smallest absolute Gasteiger partial charge is 0.0998 e. The summed E-state index contributed by atoms with van der Waals surface area (Å²) >= 11 is 0. The van der Waals surface area contributed by atoms with E-state index >= 15 is 0 Å². The molecule has 0 aliphatic heterocycles. The topological polar surface area (TPSA) is 39.6 Å². The second-order valence-corrected chi connectivity index (χ2v) is 6.71. The number of benzene rings is 3. The number of nitrogens with one attached hydrogen (secondary N) is 1. The van der Waals surface area contributed by atoms with E-state index in [1.807, 2.05) is 49.4 Å². The first-order valence-corrected chi connectivity index (χ1v) is 9.25. The Morgan fingerprint density at radius 2 is 1.71 bits per heavy atom. The highest BCUT2D eigenvalue weighted by Crippen LogP contribution is 2.30. The third-order valence-electron chi connectivity index (χ3n) is 4.91. The number of rotatable bonds is 4. The SMILES string of the molecule is C=C(/C=C(\C=C/C)c1ccc2[nH]c3ccccc3c2c1)c1ccccc1C#N. The lowest BCUT2D eigenvalue weighted by atomic mass is 9.96. The molecule has 3 aromatic carbocycles. The van der Waals surface area contributed by atoms with Crippen LogP contribution in [0, 0.1) is 11.3 Å². The summed E-state index contributed by atoms with van der Waals surface area (Å²) in [6.45, 7) is 6.22. The molecule has 0 spiro atoms. The first kappa shape index (κ1) is 17.6. The zero-order valence-corrected chi connectivity index (χ0v) is 15.7. The van der Waals surface area contributed by atoms with Crippen LogP contribution in [0.25, 0.3) is 33.0 Å². The Labute approximate surface area is 164 Å². The fraction of sp³-hybridized carbons (Fsp3) is 0.0385. The molecule has 0 bridgehead atoms. The molecule has 1 N–H and O–H groups in total. The van der Waals surface area contributed by atoms with E-state index in [-0.39, 0.29) is 0 Å². The summed E-state index contributed by atoms with van der Waals surface area (Å²) in [5, 5.41) is 11.8. The number of para-hydroxylation sites is 1. The van der Waals surface area contributed by atoms with E-state index in [2.05, 4.69) is 60.1 Å². The molecule has 0 aliphatic rings.